The second-order valence-corrected chi connectivity index (χ2v) is 4.15. The minimum atomic E-state index is 0.610. The van der Waals surface area contributed by atoms with Gasteiger partial charge in [0.05, 0.1) is 5.56 Å². The molecule has 0 bridgehead atoms. The summed E-state index contributed by atoms with van der Waals surface area (Å²) in [6.45, 7) is 2.09. The summed E-state index contributed by atoms with van der Waals surface area (Å²) < 4.78 is 0. The summed E-state index contributed by atoms with van der Waals surface area (Å²) in [5.74, 6) is 3.82. The van der Waals surface area contributed by atoms with Crippen LogP contribution in [0.2, 0.25) is 0 Å². The van der Waals surface area contributed by atoms with Gasteiger partial charge in [0.25, 0.3) is 0 Å². The fourth-order valence-electron chi connectivity index (χ4n) is 2.72. The molecule has 2 heteroatoms. The van der Waals surface area contributed by atoms with E-state index in [0.29, 0.717) is 17.4 Å². The average molecular weight is 194 g/mol. The van der Waals surface area contributed by atoms with Gasteiger partial charge in [-0.3, -0.25) is 0 Å². The van der Waals surface area contributed by atoms with Crippen molar-refractivity contribution in [3.8, 4) is 18.4 Å². The summed E-state index contributed by atoms with van der Waals surface area (Å²) >= 11 is 0. The zero-order valence-corrected chi connectivity index (χ0v) is 8.25. The van der Waals surface area contributed by atoms with Crippen molar-refractivity contribution in [1.29, 1.82) is 5.26 Å². The van der Waals surface area contributed by atoms with Gasteiger partial charge in [-0.25, -0.2) is 0 Å². The molecule has 0 saturated carbocycles. The molecule has 72 valence electrons. The lowest BCUT2D eigenvalue weighted by Crippen LogP contribution is -2.23. The Hall–Kier alpha value is -1.77. The molecular weight excluding hydrogens is 184 g/mol. The molecule has 1 aliphatic carbocycles. The van der Waals surface area contributed by atoms with E-state index in [-0.39, 0.29) is 0 Å². The highest BCUT2D eigenvalue weighted by Crippen LogP contribution is 2.49. The molecule has 1 aromatic rings. The highest BCUT2D eigenvalue weighted by Gasteiger charge is 2.41. The molecular formula is C13H10N2. The summed E-state index contributed by atoms with van der Waals surface area (Å²) in [7, 11) is 0. The first-order valence-corrected chi connectivity index (χ1v) is 5.10. The largest absolute Gasteiger partial charge is 0.315 e. The quantitative estimate of drug-likeness (QED) is 0.632. The van der Waals surface area contributed by atoms with Gasteiger partial charge in [-0.05, 0) is 23.3 Å². The summed E-state index contributed by atoms with van der Waals surface area (Å²) in [6.07, 6.45) is 5.39. The standard InChI is InChI=1S/C13H10N2/c1-2-8-3-10-11(4-9(8)5-14)13-7-15-6-12(10)13/h1,3-4,12-13,15H,6-7H2. The van der Waals surface area contributed by atoms with Gasteiger partial charge in [0.1, 0.15) is 6.07 Å². The van der Waals surface area contributed by atoms with E-state index in [1.807, 2.05) is 12.1 Å². The van der Waals surface area contributed by atoms with Crippen LogP contribution in [0.4, 0.5) is 0 Å². The minimum Gasteiger partial charge on any atom is -0.315 e. The van der Waals surface area contributed by atoms with Gasteiger partial charge in [-0.2, -0.15) is 5.26 Å². The second kappa shape index (κ2) is 2.86. The number of hydrogen-bond donors (Lipinski definition) is 1. The van der Waals surface area contributed by atoms with Crippen LogP contribution in [0.25, 0.3) is 0 Å². The van der Waals surface area contributed by atoms with Crippen LogP contribution in [0.3, 0.4) is 0 Å². The molecule has 15 heavy (non-hydrogen) atoms. The Morgan fingerprint density at radius 3 is 2.33 bits per heavy atom. The monoisotopic (exact) mass is 194 g/mol. The summed E-state index contributed by atoms with van der Waals surface area (Å²) in [4.78, 5) is 0. The minimum absolute atomic E-state index is 0.610. The predicted molar refractivity (Wildman–Crippen MR) is 57.4 cm³/mol. The zero-order chi connectivity index (χ0) is 10.4. The van der Waals surface area contributed by atoms with E-state index in [2.05, 4.69) is 17.3 Å². The van der Waals surface area contributed by atoms with Gasteiger partial charge in [0, 0.05) is 30.5 Å². The lowest BCUT2D eigenvalue weighted by molar-refractivity contribution is 0.579. The molecule has 0 aromatic heterocycles. The molecule has 0 amide bonds. The van der Waals surface area contributed by atoms with Crippen LogP contribution in [-0.2, 0) is 0 Å². The van der Waals surface area contributed by atoms with Crippen molar-refractivity contribution in [1.82, 2.24) is 5.32 Å². The van der Waals surface area contributed by atoms with Crippen molar-refractivity contribution in [3.05, 3.63) is 34.4 Å². The zero-order valence-electron chi connectivity index (χ0n) is 8.25. The molecule has 2 unspecified atom stereocenters. The van der Waals surface area contributed by atoms with Crippen LogP contribution < -0.4 is 5.32 Å². The molecule has 0 spiro atoms. The van der Waals surface area contributed by atoms with Gasteiger partial charge in [-0.1, -0.05) is 5.92 Å². The smallest absolute Gasteiger partial charge is 0.100 e. The van der Waals surface area contributed by atoms with Crippen molar-refractivity contribution in [3.63, 3.8) is 0 Å². The first-order chi connectivity index (χ1) is 7.35. The molecule has 2 atom stereocenters. The molecule has 1 aromatic carbocycles. The second-order valence-electron chi connectivity index (χ2n) is 4.15. The van der Waals surface area contributed by atoms with E-state index >= 15 is 0 Å². The summed E-state index contributed by atoms with van der Waals surface area (Å²) in [5.41, 5.74) is 4.04. The van der Waals surface area contributed by atoms with Crippen molar-refractivity contribution in [2.45, 2.75) is 11.8 Å². The molecule has 1 fully saturated rings. The van der Waals surface area contributed by atoms with Crippen LogP contribution >= 0.6 is 0 Å². The number of terminal acetylenes is 1. The highest BCUT2D eigenvalue weighted by atomic mass is 14.9. The van der Waals surface area contributed by atoms with Crippen molar-refractivity contribution in [2.75, 3.05) is 13.1 Å². The van der Waals surface area contributed by atoms with E-state index in [1.165, 1.54) is 11.1 Å². The van der Waals surface area contributed by atoms with E-state index in [4.69, 9.17) is 11.7 Å². The van der Waals surface area contributed by atoms with E-state index in [9.17, 15) is 0 Å². The van der Waals surface area contributed by atoms with Crippen molar-refractivity contribution >= 4 is 0 Å². The fourth-order valence-corrected chi connectivity index (χ4v) is 2.72. The van der Waals surface area contributed by atoms with Gasteiger partial charge >= 0.3 is 0 Å². The average Bonchev–Trinajstić information content (AvgIpc) is 2.68. The van der Waals surface area contributed by atoms with Crippen LogP contribution in [-0.4, -0.2) is 13.1 Å². The Labute approximate surface area is 88.9 Å². The van der Waals surface area contributed by atoms with Crippen molar-refractivity contribution in [2.24, 2.45) is 0 Å². The molecule has 1 N–H and O–H groups in total. The third-order valence-corrected chi connectivity index (χ3v) is 3.51. The Morgan fingerprint density at radius 1 is 1.20 bits per heavy atom. The van der Waals surface area contributed by atoms with Crippen LogP contribution in [0.1, 0.15) is 34.1 Å². The van der Waals surface area contributed by atoms with Gasteiger partial charge in [0.15, 0.2) is 0 Å². The Balaban J connectivity index is 2.17. The summed E-state index contributed by atoms with van der Waals surface area (Å²) in [6, 6.07) is 6.15. The van der Waals surface area contributed by atoms with Gasteiger partial charge in [0.2, 0.25) is 0 Å². The molecule has 1 saturated heterocycles. The van der Waals surface area contributed by atoms with E-state index < -0.39 is 0 Å². The Kier molecular flexibility index (Phi) is 1.63. The van der Waals surface area contributed by atoms with Crippen molar-refractivity contribution < 1.29 is 0 Å². The normalized spacial score (nSPS) is 25.7. The summed E-state index contributed by atoms with van der Waals surface area (Å²) in [5, 5.41) is 12.3. The molecule has 1 aliphatic heterocycles. The number of hydrogen-bond acceptors (Lipinski definition) is 2. The maximum atomic E-state index is 8.97. The lowest BCUT2D eigenvalue weighted by atomic mass is 9.69. The number of rotatable bonds is 0. The third-order valence-electron chi connectivity index (χ3n) is 3.51. The fraction of sp³-hybridized carbons (Fsp3) is 0.308. The first-order valence-electron chi connectivity index (χ1n) is 5.10. The molecule has 1 heterocycles. The number of fused-ring (bicyclic) bond motifs is 4. The predicted octanol–water partition coefficient (Wildman–Crippen LogP) is 1.32. The molecule has 3 rings (SSSR count). The molecule has 2 aliphatic rings. The van der Waals surface area contributed by atoms with Crippen LogP contribution in [0, 0.1) is 23.7 Å². The number of benzene rings is 1. The van der Waals surface area contributed by atoms with E-state index in [0.717, 1.165) is 18.7 Å². The lowest BCUT2D eigenvalue weighted by Gasteiger charge is -2.34. The Bertz CT molecular complexity index is 470. The topological polar surface area (TPSA) is 35.8 Å². The number of nitrogens with one attached hydrogen (secondary N) is 1. The SMILES string of the molecule is C#Cc1cc2c(cc1C#N)C1CNCC21. The number of nitrogens with zero attached hydrogens (tertiary/aromatic N) is 1. The molecule has 2 nitrogen and oxygen atoms in total. The first kappa shape index (κ1) is 8.53. The maximum Gasteiger partial charge on any atom is 0.100 e. The molecule has 0 radical (unpaired) electrons. The number of nitriles is 1. The maximum absolute atomic E-state index is 8.97. The Morgan fingerprint density at radius 2 is 1.80 bits per heavy atom. The highest BCUT2D eigenvalue weighted by molar-refractivity contribution is 5.58. The third kappa shape index (κ3) is 0.975. The van der Waals surface area contributed by atoms with Gasteiger partial charge in [-0.15, -0.1) is 6.42 Å². The van der Waals surface area contributed by atoms with Crippen LogP contribution in [0.5, 0.6) is 0 Å². The van der Waals surface area contributed by atoms with Crippen LogP contribution in [0.15, 0.2) is 12.1 Å². The van der Waals surface area contributed by atoms with Gasteiger partial charge < -0.3 is 5.32 Å². The van der Waals surface area contributed by atoms with E-state index in [1.54, 1.807) is 0 Å².